The summed E-state index contributed by atoms with van der Waals surface area (Å²) < 4.78 is 154. The number of hydrogen-bond donors (Lipinski definition) is 1. The minimum atomic E-state index is -2.92. The van der Waals surface area contributed by atoms with Crippen molar-refractivity contribution in [1.29, 1.82) is 0 Å². The van der Waals surface area contributed by atoms with Crippen LogP contribution < -0.4 is 18.4 Å². The van der Waals surface area contributed by atoms with E-state index in [0.717, 1.165) is 12.1 Å². The van der Waals surface area contributed by atoms with Gasteiger partial charge in [0, 0.05) is 6.07 Å². The molecule has 0 aliphatic carbocycles. The topological polar surface area (TPSA) is 47.9 Å². The fourth-order valence-corrected chi connectivity index (χ4v) is 3.90. The molecule has 0 atom stereocenters. The summed E-state index contributed by atoms with van der Waals surface area (Å²) in [5.41, 5.74) is 0.125. The van der Waals surface area contributed by atoms with Crippen LogP contribution in [0.5, 0.6) is 23.0 Å². The lowest BCUT2D eigenvalue weighted by atomic mass is 10.1. The summed E-state index contributed by atoms with van der Waals surface area (Å²) in [6, 6.07) is 3.25. The monoisotopic (exact) mass is 586 g/mol. The highest BCUT2D eigenvalue weighted by Crippen LogP contribution is 2.39. The van der Waals surface area contributed by atoms with Gasteiger partial charge in [0.2, 0.25) is 58.2 Å². The van der Waals surface area contributed by atoms with Gasteiger partial charge in [-0.2, -0.15) is 17.6 Å². The molecule has 0 amide bonds. The van der Waals surface area contributed by atoms with E-state index in [2.05, 4.69) is 9.31 Å². The van der Waals surface area contributed by atoms with E-state index in [4.69, 9.17) is 4.65 Å². The van der Waals surface area contributed by atoms with Gasteiger partial charge in [0.05, 0.1) is 19.6 Å². The van der Waals surface area contributed by atoms with Gasteiger partial charge in [-0.05, 0) is 32.9 Å². The molecule has 216 valence electrons. The van der Waals surface area contributed by atoms with E-state index >= 15 is 0 Å². The van der Waals surface area contributed by atoms with Crippen molar-refractivity contribution in [2.45, 2.75) is 20.8 Å². The summed E-state index contributed by atoms with van der Waals surface area (Å²) in [5, 5.41) is 10.0. The van der Waals surface area contributed by atoms with Gasteiger partial charge in [-0.3, -0.25) is 4.48 Å². The van der Waals surface area contributed by atoms with Crippen molar-refractivity contribution < 1.29 is 63.0 Å². The molecule has 0 aliphatic rings. The second-order valence-corrected chi connectivity index (χ2v) is 8.19. The first kappa shape index (κ1) is 30.7. The average Bonchev–Trinajstić information content (AvgIpc) is 2.95. The summed E-state index contributed by atoms with van der Waals surface area (Å²) in [6.45, 7) is 6.22. The van der Waals surface area contributed by atoms with Gasteiger partial charge < -0.3 is 19.1 Å². The van der Waals surface area contributed by atoms with E-state index in [1.165, 1.54) is 6.07 Å². The number of hydrogen-bond acceptors (Lipinski definition) is 4. The van der Waals surface area contributed by atoms with Crippen molar-refractivity contribution in [3.63, 3.8) is 0 Å². The van der Waals surface area contributed by atoms with Crippen LogP contribution in [0, 0.1) is 58.2 Å². The Morgan fingerprint density at radius 2 is 0.925 bits per heavy atom. The van der Waals surface area contributed by atoms with E-state index in [-0.39, 0.29) is 21.7 Å². The maximum absolute atomic E-state index is 14.4. The fraction of sp³-hybridized carbons (Fsp3) is 0.250. The number of benzene rings is 3. The molecule has 0 spiro atoms. The van der Waals surface area contributed by atoms with Crippen molar-refractivity contribution in [3.8, 4) is 23.0 Å². The second-order valence-electron chi connectivity index (χ2n) is 8.19. The number of nitrogens with zero attached hydrogens (tertiary/aromatic N) is 1. The molecule has 16 heteroatoms. The van der Waals surface area contributed by atoms with Gasteiger partial charge in [0.1, 0.15) is 5.75 Å². The normalized spacial score (nSPS) is 11.5. The van der Waals surface area contributed by atoms with Crippen molar-refractivity contribution in [2.75, 3.05) is 19.6 Å². The maximum Gasteiger partial charge on any atom is 0.864 e. The molecule has 0 bridgehead atoms. The van der Waals surface area contributed by atoms with Crippen LogP contribution in [0.3, 0.4) is 0 Å². The quantitative estimate of drug-likeness (QED) is 0.0949. The molecule has 0 fully saturated rings. The van der Waals surface area contributed by atoms with E-state index in [0.29, 0.717) is 19.6 Å². The van der Waals surface area contributed by atoms with Crippen LogP contribution in [-0.4, -0.2) is 32.1 Å². The molecule has 0 heterocycles. The summed E-state index contributed by atoms with van der Waals surface area (Å²) in [7, 11) is -2.92. The minimum Gasteiger partial charge on any atom is -0.508 e. The van der Waals surface area contributed by atoms with Crippen molar-refractivity contribution in [2.24, 2.45) is 0 Å². The first-order valence-electron chi connectivity index (χ1n) is 11.5. The summed E-state index contributed by atoms with van der Waals surface area (Å²) >= 11 is 0. The van der Waals surface area contributed by atoms with Crippen LogP contribution in [-0.2, 0) is 0 Å². The Morgan fingerprint density at radius 1 is 0.575 bits per heavy atom. The smallest absolute Gasteiger partial charge is 0.508 e. The minimum absolute atomic E-state index is 0.0293. The Kier molecular flexibility index (Phi) is 9.02. The number of phenolic OH excluding ortho intramolecular Hbond substituents is 1. The van der Waals surface area contributed by atoms with Crippen LogP contribution in [0.4, 0.5) is 49.6 Å². The Bertz CT molecular complexity index is 1300. The first-order valence-corrected chi connectivity index (χ1v) is 11.5. The lowest BCUT2D eigenvalue weighted by molar-refractivity contribution is 0.254. The molecular weight excluding hydrogens is 567 g/mol. The Hall–Kier alpha value is -3.82. The molecule has 3 aromatic rings. The molecule has 0 radical (unpaired) electrons. The van der Waals surface area contributed by atoms with Crippen LogP contribution in [0.2, 0.25) is 0 Å². The molecule has 3 rings (SSSR count). The Balaban J connectivity index is 2.22. The maximum atomic E-state index is 14.4. The number of rotatable bonds is 10. The molecule has 3 aromatic carbocycles. The predicted molar refractivity (Wildman–Crippen MR) is 122 cm³/mol. The summed E-state index contributed by atoms with van der Waals surface area (Å²) in [5.74, 6) is -30.1. The zero-order chi connectivity index (χ0) is 30.1. The van der Waals surface area contributed by atoms with E-state index in [1.807, 2.05) is 0 Å². The first-order chi connectivity index (χ1) is 18.7. The van der Waals surface area contributed by atoms with E-state index < -0.39 is 77.0 Å². The highest BCUT2D eigenvalue weighted by Gasteiger charge is 2.41. The summed E-state index contributed by atoms with van der Waals surface area (Å²) in [4.78, 5) is 0. The standard InChI is InChI=1S/C24H18BF10NO4/c1-4-36(5-2,6-3)11-9-10(37)7-8-12(11)38-25(39-23-19(32)15(28)13(26)16(29)20(23)33)40-24-21(34)17(30)14(27)18(31)22(24)35/h7-9H,4-6H2,1-3H3/p+1. The van der Waals surface area contributed by atoms with Gasteiger partial charge in [0.15, 0.2) is 22.9 Å². The van der Waals surface area contributed by atoms with E-state index in [1.54, 1.807) is 20.8 Å². The number of phenols is 1. The number of aromatic hydroxyl groups is 1. The highest BCUT2D eigenvalue weighted by molar-refractivity contribution is 6.39. The second kappa shape index (κ2) is 11.7. The fourth-order valence-electron chi connectivity index (χ4n) is 3.90. The third kappa shape index (κ3) is 5.31. The molecule has 0 aromatic heterocycles. The molecule has 40 heavy (non-hydrogen) atoms. The Morgan fingerprint density at radius 3 is 1.27 bits per heavy atom. The van der Waals surface area contributed by atoms with Gasteiger partial charge in [-0.1, -0.05) is 0 Å². The zero-order valence-electron chi connectivity index (χ0n) is 20.8. The van der Waals surface area contributed by atoms with Gasteiger partial charge in [0.25, 0.3) is 0 Å². The SMILES string of the molecule is CC[N+](CC)(CC)c1cc(O)ccc1OB(Oc1c(F)c(F)c(F)c(F)c1F)Oc1c(F)c(F)c(F)c(F)c1F. The molecular formula is C24H19BF10NO4+. The van der Waals surface area contributed by atoms with Gasteiger partial charge >= 0.3 is 7.32 Å². The summed E-state index contributed by atoms with van der Waals surface area (Å²) in [6.07, 6.45) is 0. The van der Waals surface area contributed by atoms with Crippen LogP contribution in [0.1, 0.15) is 20.8 Å². The van der Waals surface area contributed by atoms with E-state index in [9.17, 15) is 49.0 Å². The van der Waals surface area contributed by atoms with Gasteiger partial charge in [-0.25, -0.2) is 26.3 Å². The Labute approximate surface area is 220 Å². The average molecular weight is 586 g/mol. The third-order valence-corrected chi connectivity index (χ3v) is 6.26. The molecule has 0 saturated heterocycles. The highest BCUT2D eigenvalue weighted by atomic mass is 19.2. The number of quaternary nitrogens is 1. The molecule has 0 saturated carbocycles. The van der Waals surface area contributed by atoms with Crippen LogP contribution >= 0.6 is 0 Å². The van der Waals surface area contributed by atoms with Crippen LogP contribution in [0.15, 0.2) is 18.2 Å². The third-order valence-electron chi connectivity index (χ3n) is 6.26. The number of halogens is 10. The van der Waals surface area contributed by atoms with Gasteiger partial charge in [-0.15, -0.1) is 0 Å². The van der Waals surface area contributed by atoms with Crippen molar-refractivity contribution in [3.05, 3.63) is 76.4 Å². The predicted octanol–water partition coefficient (Wildman–Crippen LogP) is 6.67. The lowest BCUT2D eigenvalue weighted by Gasteiger charge is -2.36. The molecule has 0 unspecified atom stereocenters. The molecule has 1 N–H and O–H groups in total. The largest absolute Gasteiger partial charge is 0.864 e. The molecule has 0 aliphatic heterocycles. The van der Waals surface area contributed by atoms with Crippen molar-refractivity contribution >= 4 is 13.0 Å². The lowest BCUT2D eigenvalue weighted by Crippen LogP contribution is -2.49. The van der Waals surface area contributed by atoms with Crippen molar-refractivity contribution in [1.82, 2.24) is 4.48 Å². The molecule has 5 nitrogen and oxygen atoms in total. The zero-order valence-corrected chi connectivity index (χ0v) is 20.8. The van der Waals surface area contributed by atoms with Crippen LogP contribution in [0.25, 0.3) is 0 Å².